The molecule has 0 saturated heterocycles. The van der Waals surface area contributed by atoms with Gasteiger partial charge < -0.3 is 20.7 Å². The van der Waals surface area contributed by atoms with Crippen LogP contribution in [0.4, 0.5) is 14.9 Å². The molecule has 0 fully saturated rings. The van der Waals surface area contributed by atoms with Crippen LogP contribution in [-0.4, -0.2) is 30.1 Å². The lowest BCUT2D eigenvalue weighted by Crippen LogP contribution is -2.34. The maximum absolute atomic E-state index is 13.2. The molecule has 0 bridgehead atoms. The Morgan fingerprint density at radius 3 is 2.42 bits per heavy atom. The van der Waals surface area contributed by atoms with Gasteiger partial charge in [-0.05, 0) is 50.1 Å². The summed E-state index contributed by atoms with van der Waals surface area (Å²) in [5, 5.41) is 8.09. The number of hydrogen-bond donors (Lipinski definition) is 3. The van der Waals surface area contributed by atoms with E-state index < -0.39 is 11.7 Å². The third-order valence-electron chi connectivity index (χ3n) is 4.04. The van der Waals surface area contributed by atoms with Crippen molar-refractivity contribution in [1.82, 2.24) is 10.6 Å². The molecule has 31 heavy (non-hydrogen) atoms. The van der Waals surface area contributed by atoms with Crippen LogP contribution in [0.25, 0.3) is 0 Å². The summed E-state index contributed by atoms with van der Waals surface area (Å²) in [7, 11) is 0. The van der Waals surface area contributed by atoms with Crippen LogP contribution in [0.1, 0.15) is 38.3 Å². The second-order valence-electron chi connectivity index (χ2n) is 7.97. The summed E-state index contributed by atoms with van der Waals surface area (Å²) in [6.45, 7) is 5.61. The van der Waals surface area contributed by atoms with Crippen molar-refractivity contribution in [3.63, 3.8) is 0 Å². The van der Waals surface area contributed by atoms with Gasteiger partial charge in [0.15, 0.2) is 0 Å². The molecule has 2 rings (SSSR count). The Bertz CT molecular complexity index is 925. The summed E-state index contributed by atoms with van der Waals surface area (Å²) in [6, 6.07) is 13.0. The second-order valence-corrected chi connectivity index (χ2v) is 7.97. The van der Waals surface area contributed by atoms with Crippen molar-refractivity contribution in [2.45, 2.75) is 45.8 Å². The van der Waals surface area contributed by atoms with Gasteiger partial charge >= 0.3 is 6.09 Å². The molecule has 0 radical (unpaired) electrons. The molecule has 0 aliphatic heterocycles. The SMILES string of the molecule is CC(C)(C)OC(=O)NCCC(=O)Nc1ccccc1CNC(=O)Cc1cccc(F)c1. The largest absolute Gasteiger partial charge is 0.444 e. The van der Waals surface area contributed by atoms with Crippen LogP contribution < -0.4 is 16.0 Å². The van der Waals surface area contributed by atoms with Crippen molar-refractivity contribution in [2.24, 2.45) is 0 Å². The number of hydrogen-bond acceptors (Lipinski definition) is 4. The van der Waals surface area contributed by atoms with Gasteiger partial charge in [0.25, 0.3) is 0 Å². The topological polar surface area (TPSA) is 96.5 Å². The van der Waals surface area contributed by atoms with E-state index in [-0.39, 0.29) is 43.6 Å². The summed E-state index contributed by atoms with van der Waals surface area (Å²) >= 11 is 0. The lowest BCUT2D eigenvalue weighted by molar-refractivity contribution is -0.120. The zero-order valence-corrected chi connectivity index (χ0v) is 18.0. The van der Waals surface area contributed by atoms with Crippen LogP contribution in [0.2, 0.25) is 0 Å². The molecule has 0 unspecified atom stereocenters. The van der Waals surface area contributed by atoms with E-state index in [2.05, 4.69) is 16.0 Å². The predicted octanol–water partition coefficient (Wildman–Crippen LogP) is 3.54. The van der Waals surface area contributed by atoms with Gasteiger partial charge in [-0.3, -0.25) is 9.59 Å². The first-order valence-corrected chi connectivity index (χ1v) is 9.98. The number of amides is 3. The molecule has 8 heteroatoms. The van der Waals surface area contributed by atoms with Crippen molar-refractivity contribution in [3.05, 3.63) is 65.5 Å². The second kappa shape index (κ2) is 11.1. The number of alkyl carbamates (subject to hydrolysis) is 1. The highest BCUT2D eigenvalue weighted by Crippen LogP contribution is 2.15. The molecule has 3 N–H and O–H groups in total. The minimum Gasteiger partial charge on any atom is -0.444 e. The Labute approximate surface area is 181 Å². The minimum atomic E-state index is -0.607. The van der Waals surface area contributed by atoms with Crippen molar-refractivity contribution in [3.8, 4) is 0 Å². The zero-order valence-electron chi connectivity index (χ0n) is 18.0. The van der Waals surface area contributed by atoms with Gasteiger partial charge in [0.2, 0.25) is 11.8 Å². The molecule has 0 aliphatic rings. The summed E-state index contributed by atoms with van der Waals surface area (Å²) in [5.41, 5.74) is 1.26. The number of anilines is 1. The van der Waals surface area contributed by atoms with Crippen molar-refractivity contribution < 1.29 is 23.5 Å². The van der Waals surface area contributed by atoms with Gasteiger partial charge in [0.1, 0.15) is 11.4 Å². The zero-order chi connectivity index (χ0) is 22.9. The summed E-state index contributed by atoms with van der Waals surface area (Å²) in [6.07, 6.45) is -0.455. The van der Waals surface area contributed by atoms with Crippen LogP contribution in [0.15, 0.2) is 48.5 Å². The van der Waals surface area contributed by atoms with Gasteiger partial charge in [-0.1, -0.05) is 30.3 Å². The molecule has 0 aromatic heterocycles. The molecule has 3 amide bonds. The lowest BCUT2D eigenvalue weighted by Gasteiger charge is -2.19. The average molecular weight is 429 g/mol. The molecule has 7 nitrogen and oxygen atoms in total. The molecule has 0 saturated carbocycles. The Kier molecular flexibility index (Phi) is 8.54. The van der Waals surface area contributed by atoms with Gasteiger partial charge in [0, 0.05) is 25.2 Å². The molecule has 2 aromatic rings. The smallest absolute Gasteiger partial charge is 0.407 e. The van der Waals surface area contributed by atoms with Crippen LogP contribution >= 0.6 is 0 Å². The number of para-hydroxylation sites is 1. The lowest BCUT2D eigenvalue weighted by atomic mass is 10.1. The fraction of sp³-hybridized carbons (Fsp3) is 0.348. The van der Waals surface area contributed by atoms with E-state index in [1.54, 1.807) is 57.2 Å². The Hall–Kier alpha value is -3.42. The number of ether oxygens (including phenoxy) is 1. The number of rotatable bonds is 8. The molecular formula is C23H28FN3O4. The third kappa shape index (κ3) is 9.29. The fourth-order valence-corrected chi connectivity index (χ4v) is 2.69. The first-order valence-electron chi connectivity index (χ1n) is 9.98. The third-order valence-corrected chi connectivity index (χ3v) is 4.04. The van der Waals surface area contributed by atoms with Gasteiger partial charge in [-0.15, -0.1) is 0 Å². The van der Waals surface area contributed by atoms with E-state index in [1.165, 1.54) is 12.1 Å². The van der Waals surface area contributed by atoms with E-state index in [4.69, 9.17) is 4.74 Å². The monoisotopic (exact) mass is 429 g/mol. The van der Waals surface area contributed by atoms with E-state index in [9.17, 15) is 18.8 Å². The van der Waals surface area contributed by atoms with E-state index >= 15 is 0 Å². The molecule has 0 atom stereocenters. The van der Waals surface area contributed by atoms with Crippen molar-refractivity contribution >= 4 is 23.6 Å². The highest BCUT2D eigenvalue weighted by molar-refractivity contribution is 5.92. The normalized spacial score (nSPS) is 10.8. The Balaban J connectivity index is 1.82. The highest BCUT2D eigenvalue weighted by Gasteiger charge is 2.16. The minimum absolute atomic E-state index is 0.0582. The Morgan fingerprint density at radius 1 is 0.968 bits per heavy atom. The number of halogens is 1. The van der Waals surface area contributed by atoms with Crippen LogP contribution in [0, 0.1) is 5.82 Å². The standard InChI is InChI=1S/C23H28FN3O4/c1-23(2,3)31-22(30)25-12-11-20(28)27-19-10-5-4-8-17(19)15-26-21(29)14-16-7-6-9-18(24)13-16/h4-10,13H,11-12,14-15H2,1-3H3,(H,25,30)(H,26,29)(H,27,28). The molecule has 0 aliphatic carbocycles. The fourth-order valence-electron chi connectivity index (χ4n) is 2.69. The van der Waals surface area contributed by atoms with Gasteiger partial charge in [-0.25, -0.2) is 9.18 Å². The molecule has 2 aromatic carbocycles. The van der Waals surface area contributed by atoms with Crippen LogP contribution in [0.5, 0.6) is 0 Å². The van der Waals surface area contributed by atoms with Gasteiger partial charge in [-0.2, -0.15) is 0 Å². The van der Waals surface area contributed by atoms with Gasteiger partial charge in [0.05, 0.1) is 6.42 Å². The number of carbonyl (C=O) groups excluding carboxylic acids is 3. The van der Waals surface area contributed by atoms with Crippen molar-refractivity contribution in [2.75, 3.05) is 11.9 Å². The maximum atomic E-state index is 13.2. The van der Waals surface area contributed by atoms with E-state index in [1.807, 2.05) is 0 Å². The first-order chi connectivity index (χ1) is 14.6. The van der Waals surface area contributed by atoms with Crippen molar-refractivity contribution in [1.29, 1.82) is 0 Å². The number of benzene rings is 2. The average Bonchev–Trinajstić information content (AvgIpc) is 2.66. The number of nitrogens with one attached hydrogen (secondary N) is 3. The van der Waals surface area contributed by atoms with Crippen LogP contribution in [-0.2, 0) is 27.3 Å². The van der Waals surface area contributed by atoms with E-state index in [0.717, 1.165) is 5.56 Å². The highest BCUT2D eigenvalue weighted by atomic mass is 19.1. The Morgan fingerprint density at radius 2 is 1.71 bits per heavy atom. The molecular weight excluding hydrogens is 401 g/mol. The molecule has 0 heterocycles. The predicted molar refractivity (Wildman–Crippen MR) is 116 cm³/mol. The number of carbonyl (C=O) groups is 3. The van der Waals surface area contributed by atoms with E-state index in [0.29, 0.717) is 11.3 Å². The maximum Gasteiger partial charge on any atom is 0.407 e. The summed E-state index contributed by atoms with van der Waals surface area (Å²) < 4.78 is 18.4. The molecule has 166 valence electrons. The summed E-state index contributed by atoms with van der Waals surface area (Å²) in [5.74, 6) is -0.928. The molecule has 0 spiro atoms. The summed E-state index contributed by atoms with van der Waals surface area (Å²) in [4.78, 5) is 36.0. The first kappa shape index (κ1) is 23.9. The van der Waals surface area contributed by atoms with Crippen LogP contribution in [0.3, 0.4) is 0 Å². The quantitative estimate of drug-likeness (QED) is 0.598.